The average Bonchev–Trinajstić information content (AvgIpc) is 2.14. The zero-order valence-corrected chi connectivity index (χ0v) is 9.49. The molecular formula is C12H20O3. The molecule has 3 nitrogen and oxygen atoms in total. The number of carboxylic acids is 1. The van der Waals surface area contributed by atoms with Gasteiger partial charge in [-0.05, 0) is 33.1 Å². The van der Waals surface area contributed by atoms with Gasteiger partial charge in [0, 0.05) is 6.42 Å². The van der Waals surface area contributed by atoms with Gasteiger partial charge in [0.05, 0.1) is 5.60 Å². The van der Waals surface area contributed by atoms with Crippen molar-refractivity contribution in [1.82, 2.24) is 0 Å². The molecule has 0 aromatic rings. The predicted molar refractivity (Wildman–Crippen MR) is 60.7 cm³/mol. The molecule has 0 bridgehead atoms. The average molecular weight is 212 g/mol. The van der Waals surface area contributed by atoms with E-state index in [2.05, 4.69) is 6.58 Å². The van der Waals surface area contributed by atoms with Crippen molar-refractivity contribution in [2.24, 2.45) is 0 Å². The van der Waals surface area contributed by atoms with Crippen LogP contribution in [0.1, 0.15) is 39.5 Å². The standard InChI is InChI=1S/C12H20O3/c1-4-12(3,15)9-5-6-10(2)7-8-11(13)14/h4,6,15H,1,5,7-9H2,2-3H3,(H,13,14)/b10-6-. The quantitative estimate of drug-likeness (QED) is 0.637. The molecule has 1 atom stereocenters. The van der Waals surface area contributed by atoms with Gasteiger partial charge < -0.3 is 10.2 Å². The number of carbonyl (C=O) groups is 1. The molecule has 0 aliphatic carbocycles. The number of rotatable bonds is 7. The number of hydrogen-bond acceptors (Lipinski definition) is 2. The third-order valence-electron chi connectivity index (χ3n) is 2.32. The summed E-state index contributed by atoms with van der Waals surface area (Å²) in [5.41, 5.74) is 0.223. The number of carboxylic acid groups (broad SMARTS) is 1. The van der Waals surface area contributed by atoms with Gasteiger partial charge in [0.1, 0.15) is 0 Å². The normalized spacial score (nSPS) is 15.8. The van der Waals surface area contributed by atoms with Crippen LogP contribution in [0.5, 0.6) is 0 Å². The Bertz CT molecular complexity index is 252. The molecule has 0 aromatic heterocycles. The number of allylic oxidation sites excluding steroid dienone is 2. The fourth-order valence-electron chi connectivity index (χ4n) is 1.12. The molecule has 0 rings (SSSR count). The SMILES string of the molecule is C=CC(C)(O)CC/C=C(/C)CCC(=O)O. The molecular weight excluding hydrogens is 192 g/mol. The summed E-state index contributed by atoms with van der Waals surface area (Å²) in [6.07, 6.45) is 5.59. The Morgan fingerprint density at radius 2 is 2.07 bits per heavy atom. The van der Waals surface area contributed by atoms with Gasteiger partial charge >= 0.3 is 5.97 Å². The summed E-state index contributed by atoms with van der Waals surface area (Å²) in [6, 6.07) is 0. The van der Waals surface area contributed by atoms with Crippen LogP contribution in [0.2, 0.25) is 0 Å². The summed E-state index contributed by atoms with van der Waals surface area (Å²) >= 11 is 0. The lowest BCUT2D eigenvalue weighted by Gasteiger charge is -2.16. The van der Waals surface area contributed by atoms with E-state index in [1.807, 2.05) is 13.0 Å². The lowest BCUT2D eigenvalue weighted by atomic mass is 9.99. The molecule has 0 aromatic carbocycles. The molecule has 0 saturated heterocycles. The number of aliphatic carboxylic acids is 1. The first-order valence-electron chi connectivity index (χ1n) is 5.11. The maximum atomic E-state index is 10.3. The van der Waals surface area contributed by atoms with E-state index in [4.69, 9.17) is 5.11 Å². The Kier molecular flexibility index (Phi) is 5.94. The van der Waals surface area contributed by atoms with Crippen LogP contribution in [0.15, 0.2) is 24.3 Å². The van der Waals surface area contributed by atoms with Crippen LogP contribution in [0.4, 0.5) is 0 Å². The summed E-state index contributed by atoms with van der Waals surface area (Å²) in [5.74, 6) is -0.777. The maximum absolute atomic E-state index is 10.3. The molecule has 3 heteroatoms. The first-order valence-corrected chi connectivity index (χ1v) is 5.11. The van der Waals surface area contributed by atoms with Crippen LogP contribution in [0.3, 0.4) is 0 Å². The van der Waals surface area contributed by atoms with Crippen LogP contribution in [0, 0.1) is 0 Å². The second-order valence-electron chi connectivity index (χ2n) is 4.04. The van der Waals surface area contributed by atoms with Crippen molar-refractivity contribution in [3.8, 4) is 0 Å². The third-order valence-corrected chi connectivity index (χ3v) is 2.32. The highest BCUT2D eigenvalue weighted by atomic mass is 16.4. The monoisotopic (exact) mass is 212 g/mol. The van der Waals surface area contributed by atoms with E-state index in [0.717, 1.165) is 12.0 Å². The van der Waals surface area contributed by atoms with Crippen molar-refractivity contribution >= 4 is 5.97 Å². The molecule has 0 aliphatic heterocycles. The Balaban J connectivity index is 3.86. The second-order valence-corrected chi connectivity index (χ2v) is 4.04. The van der Waals surface area contributed by atoms with E-state index in [-0.39, 0.29) is 6.42 Å². The van der Waals surface area contributed by atoms with Crippen molar-refractivity contribution in [3.05, 3.63) is 24.3 Å². The van der Waals surface area contributed by atoms with Gasteiger partial charge in [-0.3, -0.25) is 4.79 Å². The van der Waals surface area contributed by atoms with E-state index < -0.39 is 11.6 Å². The van der Waals surface area contributed by atoms with Gasteiger partial charge in [0.25, 0.3) is 0 Å². The lowest BCUT2D eigenvalue weighted by molar-refractivity contribution is -0.136. The summed E-state index contributed by atoms with van der Waals surface area (Å²) in [7, 11) is 0. The lowest BCUT2D eigenvalue weighted by Crippen LogP contribution is -2.19. The molecule has 0 radical (unpaired) electrons. The Labute approximate surface area is 91.1 Å². The minimum absolute atomic E-state index is 0.167. The molecule has 2 N–H and O–H groups in total. The van der Waals surface area contributed by atoms with Crippen molar-refractivity contribution in [2.45, 2.75) is 45.1 Å². The molecule has 0 spiro atoms. The first kappa shape index (κ1) is 13.9. The van der Waals surface area contributed by atoms with Crippen molar-refractivity contribution in [3.63, 3.8) is 0 Å². The van der Waals surface area contributed by atoms with Crippen LogP contribution in [0.25, 0.3) is 0 Å². The van der Waals surface area contributed by atoms with Crippen LogP contribution >= 0.6 is 0 Å². The van der Waals surface area contributed by atoms with Gasteiger partial charge in [-0.15, -0.1) is 6.58 Å². The fraction of sp³-hybridized carbons (Fsp3) is 0.583. The van der Waals surface area contributed by atoms with E-state index in [0.29, 0.717) is 12.8 Å². The second kappa shape index (κ2) is 6.40. The molecule has 15 heavy (non-hydrogen) atoms. The van der Waals surface area contributed by atoms with E-state index in [9.17, 15) is 9.90 Å². The zero-order valence-electron chi connectivity index (χ0n) is 9.49. The van der Waals surface area contributed by atoms with Crippen LogP contribution in [-0.2, 0) is 4.79 Å². The number of hydrogen-bond donors (Lipinski definition) is 2. The summed E-state index contributed by atoms with van der Waals surface area (Å²) in [4.78, 5) is 10.3. The summed E-state index contributed by atoms with van der Waals surface area (Å²) < 4.78 is 0. The van der Waals surface area contributed by atoms with Gasteiger partial charge in [-0.1, -0.05) is 17.7 Å². The van der Waals surface area contributed by atoms with Crippen molar-refractivity contribution < 1.29 is 15.0 Å². The van der Waals surface area contributed by atoms with Gasteiger partial charge in [0.2, 0.25) is 0 Å². The minimum atomic E-state index is -0.830. The highest BCUT2D eigenvalue weighted by Gasteiger charge is 2.13. The maximum Gasteiger partial charge on any atom is 0.303 e. The molecule has 0 fully saturated rings. The predicted octanol–water partition coefficient (Wildman–Crippen LogP) is 2.51. The summed E-state index contributed by atoms with van der Waals surface area (Å²) in [6.45, 7) is 7.16. The summed E-state index contributed by atoms with van der Waals surface area (Å²) in [5, 5.41) is 18.1. The zero-order chi connectivity index (χ0) is 11.9. The van der Waals surface area contributed by atoms with Gasteiger partial charge in [-0.25, -0.2) is 0 Å². The minimum Gasteiger partial charge on any atom is -0.481 e. The molecule has 86 valence electrons. The van der Waals surface area contributed by atoms with Crippen molar-refractivity contribution in [2.75, 3.05) is 0 Å². The highest BCUT2D eigenvalue weighted by molar-refractivity contribution is 5.66. The largest absolute Gasteiger partial charge is 0.481 e. The number of aliphatic hydroxyl groups is 1. The Hall–Kier alpha value is -1.09. The van der Waals surface area contributed by atoms with Gasteiger partial charge in [-0.2, -0.15) is 0 Å². The fourth-order valence-corrected chi connectivity index (χ4v) is 1.12. The molecule has 0 amide bonds. The molecule has 1 unspecified atom stereocenters. The molecule has 0 saturated carbocycles. The highest BCUT2D eigenvalue weighted by Crippen LogP contribution is 2.15. The van der Waals surface area contributed by atoms with Crippen LogP contribution < -0.4 is 0 Å². The van der Waals surface area contributed by atoms with E-state index in [1.165, 1.54) is 6.08 Å². The third kappa shape index (κ3) is 7.94. The van der Waals surface area contributed by atoms with Crippen molar-refractivity contribution in [1.29, 1.82) is 0 Å². The Morgan fingerprint density at radius 3 is 2.53 bits per heavy atom. The molecule has 0 aliphatic rings. The topological polar surface area (TPSA) is 57.5 Å². The van der Waals surface area contributed by atoms with E-state index in [1.54, 1.807) is 6.92 Å². The van der Waals surface area contributed by atoms with E-state index >= 15 is 0 Å². The Morgan fingerprint density at radius 1 is 1.47 bits per heavy atom. The van der Waals surface area contributed by atoms with Crippen LogP contribution in [-0.4, -0.2) is 21.8 Å². The smallest absolute Gasteiger partial charge is 0.303 e. The van der Waals surface area contributed by atoms with Gasteiger partial charge in [0.15, 0.2) is 0 Å². The first-order chi connectivity index (χ1) is 6.87. The molecule has 0 heterocycles.